The van der Waals surface area contributed by atoms with Crippen molar-refractivity contribution in [2.24, 2.45) is 0 Å². The number of rotatable bonds is 4. The monoisotopic (exact) mass is 318 g/mol. The van der Waals surface area contributed by atoms with Crippen molar-refractivity contribution in [1.82, 2.24) is 19.7 Å². The first-order chi connectivity index (χ1) is 10.3. The zero-order valence-corrected chi connectivity index (χ0v) is 12.7. The standard InChI is InChI=1S/C15H14N4O2.ClH/c1-21-10-11-4-5-14(17-7-11)19-15(20)13(9-18-19)12-3-2-6-16-8-12;/h2-9,18H,10H2,1H3;1H. The zero-order valence-electron chi connectivity index (χ0n) is 11.9. The van der Waals surface area contributed by atoms with E-state index < -0.39 is 0 Å². The van der Waals surface area contributed by atoms with E-state index in [2.05, 4.69) is 15.1 Å². The van der Waals surface area contributed by atoms with Crippen LogP contribution in [0.2, 0.25) is 0 Å². The molecule has 0 atom stereocenters. The number of H-pyrrole nitrogens is 1. The van der Waals surface area contributed by atoms with Gasteiger partial charge in [-0.25, -0.2) is 9.67 Å². The summed E-state index contributed by atoms with van der Waals surface area (Å²) in [5, 5.41) is 2.92. The second-order valence-corrected chi connectivity index (χ2v) is 4.53. The fourth-order valence-corrected chi connectivity index (χ4v) is 2.07. The second-order valence-electron chi connectivity index (χ2n) is 4.53. The van der Waals surface area contributed by atoms with E-state index in [4.69, 9.17) is 4.74 Å². The molecule has 0 fully saturated rings. The number of hydrogen-bond donors (Lipinski definition) is 1. The number of aromatic amines is 1. The Morgan fingerprint density at radius 3 is 2.77 bits per heavy atom. The van der Waals surface area contributed by atoms with Gasteiger partial charge in [0.25, 0.3) is 5.56 Å². The fraction of sp³-hybridized carbons (Fsp3) is 0.133. The number of pyridine rings is 2. The average molecular weight is 319 g/mol. The van der Waals surface area contributed by atoms with E-state index in [-0.39, 0.29) is 18.0 Å². The van der Waals surface area contributed by atoms with E-state index in [1.165, 1.54) is 4.68 Å². The van der Waals surface area contributed by atoms with Gasteiger partial charge in [-0.1, -0.05) is 12.1 Å². The lowest BCUT2D eigenvalue weighted by Crippen LogP contribution is -2.17. The smallest absolute Gasteiger partial charge is 0.280 e. The highest BCUT2D eigenvalue weighted by molar-refractivity contribution is 5.85. The third-order valence-corrected chi connectivity index (χ3v) is 3.09. The summed E-state index contributed by atoms with van der Waals surface area (Å²) in [6.45, 7) is 0.494. The van der Waals surface area contributed by atoms with Crippen LogP contribution in [-0.2, 0) is 11.3 Å². The minimum atomic E-state index is -0.157. The number of nitrogens with zero attached hydrogens (tertiary/aromatic N) is 3. The molecule has 0 aliphatic carbocycles. The molecule has 0 saturated heterocycles. The van der Waals surface area contributed by atoms with Crippen LogP contribution >= 0.6 is 12.4 Å². The molecule has 22 heavy (non-hydrogen) atoms. The highest BCUT2D eigenvalue weighted by Gasteiger charge is 2.10. The number of halogens is 1. The van der Waals surface area contributed by atoms with E-state index in [0.717, 1.165) is 11.1 Å². The van der Waals surface area contributed by atoms with E-state index in [1.807, 2.05) is 12.1 Å². The van der Waals surface area contributed by atoms with Crippen molar-refractivity contribution in [3.63, 3.8) is 0 Å². The number of methoxy groups -OCH3 is 1. The third-order valence-electron chi connectivity index (χ3n) is 3.09. The predicted octanol–water partition coefficient (Wildman–Crippen LogP) is 2.19. The van der Waals surface area contributed by atoms with E-state index in [1.54, 1.807) is 44.0 Å². The van der Waals surface area contributed by atoms with Crippen LogP contribution in [-0.4, -0.2) is 26.9 Å². The van der Waals surface area contributed by atoms with Crippen LogP contribution in [0.4, 0.5) is 0 Å². The Kier molecular flexibility index (Phi) is 5.08. The van der Waals surface area contributed by atoms with Crippen LogP contribution < -0.4 is 5.56 Å². The Morgan fingerprint density at radius 2 is 2.14 bits per heavy atom. The van der Waals surface area contributed by atoms with E-state index in [9.17, 15) is 4.79 Å². The highest BCUT2D eigenvalue weighted by atomic mass is 35.5. The summed E-state index contributed by atoms with van der Waals surface area (Å²) in [6, 6.07) is 7.29. The second kappa shape index (κ2) is 7.02. The van der Waals surface area contributed by atoms with Gasteiger partial charge >= 0.3 is 0 Å². The van der Waals surface area contributed by atoms with Crippen molar-refractivity contribution < 1.29 is 4.74 Å². The molecule has 0 unspecified atom stereocenters. The molecule has 0 saturated carbocycles. The maximum Gasteiger partial charge on any atom is 0.280 e. The summed E-state index contributed by atoms with van der Waals surface area (Å²) in [5.74, 6) is 0.537. The molecule has 0 aliphatic heterocycles. The summed E-state index contributed by atoms with van der Waals surface area (Å²) in [4.78, 5) is 20.7. The largest absolute Gasteiger partial charge is 0.380 e. The van der Waals surface area contributed by atoms with Crippen LogP contribution in [0.1, 0.15) is 5.56 Å². The maximum absolute atomic E-state index is 12.4. The molecule has 114 valence electrons. The van der Waals surface area contributed by atoms with E-state index >= 15 is 0 Å². The first-order valence-electron chi connectivity index (χ1n) is 6.44. The van der Waals surface area contributed by atoms with Crippen molar-refractivity contribution in [1.29, 1.82) is 0 Å². The van der Waals surface area contributed by atoms with Crippen LogP contribution in [0, 0.1) is 0 Å². The molecule has 0 aromatic carbocycles. The summed E-state index contributed by atoms with van der Waals surface area (Å²) in [6.07, 6.45) is 6.68. The van der Waals surface area contributed by atoms with Gasteiger partial charge in [-0.05, 0) is 17.7 Å². The summed E-state index contributed by atoms with van der Waals surface area (Å²) >= 11 is 0. The van der Waals surface area contributed by atoms with Gasteiger partial charge in [-0.2, -0.15) is 0 Å². The first-order valence-corrected chi connectivity index (χ1v) is 6.44. The quantitative estimate of drug-likeness (QED) is 0.800. The Morgan fingerprint density at radius 1 is 1.27 bits per heavy atom. The third kappa shape index (κ3) is 3.08. The Balaban J connectivity index is 0.00000176. The Labute approximate surface area is 133 Å². The molecule has 0 radical (unpaired) electrons. The molecule has 3 heterocycles. The van der Waals surface area contributed by atoms with Crippen molar-refractivity contribution in [2.75, 3.05) is 7.11 Å². The van der Waals surface area contributed by atoms with Crippen LogP contribution in [0.3, 0.4) is 0 Å². The predicted molar refractivity (Wildman–Crippen MR) is 85.4 cm³/mol. The SMILES string of the molecule is COCc1ccc(-n2[nH]cc(-c3cccnc3)c2=O)nc1.Cl. The number of hydrogen-bond acceptors (Lipinski definition) is 4. The highest BCUT2D eigenvalue weighted by Crippen LogP contribution is 2.13. The van der Waals surface area contributed by atoms with Gasteiger partial charge in [0.05, 0.1) is 12.2 Å². The average Bonchev–Trinajstić information content (AvgIpc) is 2.91. The van der Waals surface area contributed by atoms with Crippen molar-refractivity contribution in [3.8, 4) is 16.9 Å². The lowest BCUT2D eigenvalue weighted by atomic mass is 10.2. The molecule has 7 heteroatoms. The summed E-state index contributed by atoms with van der Waals surface area (Å²) in [5.41, 5.74) is 2.13. The van der Waals surface area contributed by atoms with Crippen molar-refractivity contribution >= 4 is 12.4 Å². The normalized spacial score (nSPS) is 10.2. The van der Waals surface area contributed by atoms with Gasteiger partial charge in [0.15, 0.2) is 5.82 Å². The molecule has 3 aromatic rings. The molecule has 1 N–H and O–H groups in total. The molecule has 0 spiro atoms. The van der Waals surface area contributed by atoms with Crippen LogP contribution in [0.25, 0.3) is 16.9 Å². The number of aromatic nitrogens is 4. The van der Waals surface area contributed by atoms with Gasteiger partial charge in [-0.3, -0.25) is 14.9 Å². The molecule has 0 aliphatic rings. The molecule has 0 amide bonds. The van der Waals surface area contributed by atoms with Gasteiger partial charge in [-0.15, -0.1) is 12.4 Å². The fourth-order valence-electron chi connectivity index (χ4n) is 2.07. The van der Waals surface area contributed by atoms with E-state index in [0.29, 0.717) is 18.0 Å². The molecule has 6 nitrogen and oxygen atoms in total. The van der Waals surface area contributed by atoms with Gasteiger partial charge < -0.3 is 4.74 Å². The molecular weight excluding hydrogens is 304 g/mol. The maximum atomic E-state index is 12.4. The van der Waals surface area contributed by atoms with Crippen molar-refractivity contribution in [2.45, 2.75) is 6.61 Å². The lowest BCUT2D eigenvalue weighted by molar-refractivity contribution is 0.184. The molecule has 3 rings (SSSR count). The zero-order chi connectivity index (χ0) is 14.7. The molecule has 0 bridgehead atoms. The molecule has 3 aromatic heterocycles. The minimum Gasteiger partial charge on any atom is -0.380 e. The Bertz CT molecular complexity index is 781. The summed E-state index contributed by atoms with van der Waals surface area (Å²) < 4.78 is 6.44. The summed E-state index contributed by atoms with van der Waals surface area (Å²) in [7, 11) is 1.63. The number of nitrogens with one attached hydrogen (secondary N) is 1. The lowest BCUT2D eigenvalue weighted by Gasteiger charge is -2.02. The van der Waals surface area contributed by atoms with Gasteiger partial charge in [0, 0.05) is 37.5 Å². The van der Waals surface area contributed by atoms with Crippen LogP contribution in [0.15, 0.2) is 53.8 Å². The van der Waals surface area contributed by atoms with Crippen molar-refractivity contribution in [3.05, 3.63) is 65.0 Å². The topological polar surface area (TPSA) is 72.8 Å². The van der Waals surface area contributed by atoms with Gasteiger partial charge in [0.1, 0.15) is 0 Å². The number of ether oxygens (including phenoxy) is 1. The van der Waals surface area contributed by atoms with Crippen LogP contribution in [0.5, 0.6) is 0 Å². The Hall–Kier alpha value is -2.44. The molecular formula is C15H15ClN4O2. The minimum absolute atomic E-state index is 0. The first kappa shape index (κ1) is 15.9. The van der Waals surface area contributed by atoms with Gasteiger partial charge in [0.2, 0.25) is 0 Å².